The van der Waals surface area contributed by atoms with Crippen LogP contribution >= 0.6 is 0 Å². The van der Waals surface area contributed by atoms with E-state index in [-0.39, 0.29) is 54.8 Å². The number of hydrogen-bond donors (Lipinski definition) is 5. The number of pyridine rings is 1. The van der Waals surface area contributed by atoms with Gasteiger partial charge in [0.2, 0.25) is 21.7 Å². The second kappa shape index (κ2) is 30.2. The normalized spacial score (nSPS) is 19.6. The number of hydroxylamine groups is 2. The molecule has 490 valence electrons. The summed E-state index contributed by atoms with van der Waals surface area (Å²) in [6, 6.07) is 53.3. The van der Waals surface area contributed by atoms with Gasteiger partial charge in [0.15, 0.2) is 11.6 Å². The Morgan fingerprint density at radius 3 is 1.59 bits per heavy atom. The average molecular weight is 1300 g/mol. The van der Waals surface area contributed by atoms with E-state index < -0.39 is 85.3 Å². The standard InChI is InChI=1S/C27H27NO7S.C25H25FN2O5.C20H20O5/c1-2-34-26(30)27(17-24(27)25(29)28-31)16-19-8-12-21(13-9-19)35-18-20-10-14-23(15-11-20)36(32,33)22-6-4-3-5-7-22;1-3-32-24(30)25(13-19(25)23(29)28-31)12-16-8-9-22(20(26)11-16)33-14-17-10-15(2)27-21-7-5-4-6-18(17)21;1-24-19(23)20(12-17(20)18(21)22)11-15-8-5-9-16(10-15)25-13-14-6-3-2-4-7-14/h3-15,24,31H,2,16-18H2,1H3,(H,28,29);4-11,19,31H,3,12-14H2,1-2H3,(H,28,29);2-10,17H,11-13H2,1H3,(H,21,22)/t24-,27+;19-,25+;17-,20+/m110/s1. The van der Waals surface area contributed by atoms with Gasteiger partial charge in [0.05, 0.1) is 69.6 Å². The number of carbonyl (C=O) groups is 6. The summed E-state index contributed by atoms with van der Waals surface area (Å²) in [4.78, 5) is 77.1. The molecule has 0 unspecified atom stereocenters. The fourth-order valence-electron chi connectivity index (χ4n) is 11.7. The largest absolute Gasteiger partial charge is 0.489 e. The molecule has 0 aliphatic heterocycles. The number of carboxylic acids is 1. The van der Waals surface area contributed by atoms with Crippen LogP contribution in [0.5, 0.6) is 17.2 Å². The molecule has 0 radical (unpaired) electrons. The van der Waals surface area contributed by atoms with E-state index in [1.807, 2.05) is 104 Å². The molecule has 3 aliphatic rings. The number of methoxy groups -OCH3 is 1. The summed E-state index contributed by atoms with van der Waals surface area (Å²) in [5, 5.41) is 28.1. The summed E-state index contributed by atoms with van der Waals surface area (Å²) in [6.07, 6.45) is 1.61. The third kappa shape index (κ3) is 16.1. The molecule has 0 spiro atoms. The number of nitrogens with zero attached hydrogens (tertiary/aromatic N) is 1. The van der Waals surface area contributed by atoms with Crippen molar-refractivity contribution in [2.24, 2.45) is 34.0 Å². The van der Waals surface area contributed by atoms with Crippen LogP contribution in [0.3, 0.4) is 0 Å². The number of aliphatic carboxylic acids is 1. The lowest BCUT2D eigenvalue weighted by Crippen LogP contribution is -2.30. The number of fused-ring (bicyclic) bond motifs is 1. The van der Waals surface area contributed by atoms with Crippen LogP contribution in [-0.4, -0.2) is 84.9 Å². The number of hydrogen-bond acceptors (Lipinski definition) is 17. The van der Waals surface area contributed by atoms with Gasteiger partial charge in [-0.15, -0.1) is 0 Å². The lowest BCUT2D eigenvalue weighted by Gasteiger charge is -2.16. The van der Waals surface area contributed by atoms with E-state index in [2.05, 4.69) is 4.98 Å². The van der Waals surface area contributed by atoms with E-state index in [9.17, 15) is 46.7 Å². The van der Waals surface area contributed by atoms with Crippen LogP contribution in [0.15, 0.2) is 192 Å². The van der Waals surface area contributed by atoms with Gasteiger partial charge < -0.3 is 33.5 Å². The number of amides is 2. The second-order valence-corrected chi connectivity index (χ2v) is 25.2. The van der Waals surface area contributed by atoms with Crippen LogP contribution < -0.4 is 25.2 Å². The number of ether oxygens (including phenoxy) is 6. The number of para-hydroxylation sites is 1. The van der Waals surface area contributed by atoms with E-state index in [4.69, 9.17) is 38.8 Å². The van der Waals surface area contributed by atoms with Crippen molar-refractivity contribution in [2.75, 3.05) is 20.3 Å². The molecule has 1 heterocycles. The van der Waals surface area contributed by atoms with Gasteiger partial charge in [-0.05, 0) is 160 Å². The highest BCUT2D eigenvalue weighted by Gasteiger charge is 2.66. The monoisotopic (exact) mass is 1300 g/mol. The average Bonchev–Trinajstić information content (AvgIpc) is 1.59. The van der Waals surface area contributed by atoms with E-state index in [1.165, 1.54) is 19.2 Å². The third-order valence-electron chi connectivity index (χ3n) is 17.0. The number of rotatable bonds is 25. The Kier molecular flexibility index (Phi) is 21.9. The second-order valence-electron chi connectivity index (χ2n) is 23.3. The Morgan fingerprint density at radius 2 is 1.02 bits per heavy atom. The Labute approximate surface area is 542 Å². The van der Waals surface area contributed by atoms with Crippen LogP contribution in [0.2, 0.25) is 0 Å². The zero-order valence-electron chi connectivity index (χ0n) is 52.1. The van der Waals surface area contributed by atoms with Gasteiger partial charge in [-0.2, -0.15) is 0 Å². The maximum absolute atomic E-state index is 14.8. The first-order valence-electron chi connectivity index (χ1n) is 30.4. The van der Waals surface area contributed by atoms with E-state index >= 15 is 0 Å². The van der Waals surface area contributed by atoms with Gasteiger partial charge in [-0.25, -0.2) is 23.8 Å². The molecule has 3 aliphatic carbocycles. The minimum absolute atomic E-state index is 0.0860. The highest BCUT2D eigenvalue weighted by atomic mass is 32.2. The molecule has 20 nitrogen and oxygen atoms in total. The molecule has 0 bridgehead atoms. The zero-order chi connectivity index (χ0) is 67.2. The number of sulfone groups is 1. The molecule has 94 heavy (non-hydrogen) atoms. The van der Waals surface area contributed by atoms with Crippen LogP contribution in [-0.2, 0) is 91.9 Å². The number of benzene rings is 7. The molecule has 0 saturated heterocycles. The smallest absolute Gasteiger partial charge is 0.313 e. The number of carboxylic acid groups (broad SMARTS) is 1. The van der Waals surface area contributed by atoms with Gasteiger partial charge >= 0.3 is 23.9 Å². The number of halogens is 1. The molecule has 8 aromatic rings. The molecule has 3 fully saturated rings. The Hall–Kier alpha value is -10.0. The molecular weight excluding hydrogens is 1230 g/mol. The number of aryl methyl sites for hydroxylation is 1. The first-order valence-corrected chi connectivity index (χ1v) is 31.9. The van der Waals surface area contributed by atoms with Crippen LogP contribution in [0.4, 0.5) is 4.39 Å². The minimum Gasteiger partial charge on any atom is -0.489 e. The minimum atomic E-state index is -3.57. The van der Waals surface area contributed by atoms with Crippen LogP contribution in [0.1, 0.15) is 72.2 Å². The Balaban J connectivity index is 0.000000169. The van der Waals surface area contributed by atoms with Gasteiger partial charge in [0.1, 0.15) is 31.3 Å². The van der Waals surface area contributed by atoms with E-state index in [1.54, 1.807) is 97.6 Å². The van der Waals surface area contributed by atoms with Crippen molar-refractivity contribution in [1.82, 2.24) is 15.9 Å². The van der Waals surface area contributed by atoms with Gasteiger partial charge in [0.25, 0.3) is 0 Å². The number of nitrogens with one attached hydrogen (secondary N) is 2. The SMILES string of the molecule is CCOC(=O)[C@@]1(Cc2ccc(OCc3cc(C)nc4ccccc34)c(F)c2)C[C@@H]1C(=O)NO.CCOC(=O)[C@@]1(Cc2ccc(OCc3ccc(S(=O)(=O)c4ccccc4)cc3)cc2)C[C@@H]1C(=O)NO.COC(=O)[C@]1(Cc2cccc(OCc3ccccc3)c2)C[C@H]1C(=O)O. The maximum Gasteiger partial charge on any atom is 0.313 e. The fourth-order valence-corrected chi connectivity index (χ4v) is 13.0. The van der Waals surface area contributed by atoms with Gasteiger partial charge in [0, 0.05) is 16.6 Å². The lowest BCUT2D eigenvalue weighted by molar-refractivity contribution is -0.152. The molecule has 7 aromatic carbocycles. The van der Waals surface area contributed by atoms with E-state index in [0.29, 0.717) is 49.4 Å². The summed E-state index contributed by atoms with van der Waals surface area (Å²) in [5.41, 5.74) is 6.86. The van der Waals surface area contributed by atoms with Crippen molar-refractivity contribution < 1.29 is 85.5 Å². The van der Waals surface area contributed by atoms with Crippen LogP contribution in [0, 0.1) is 46.7 Å². The molecule has 3 saturated carbocycles. The summed E-state index contributed by atoms with van der Waals surface area (Å²) < 4.78 is 72.8. The molecule has 22 heteroatoms. The quantitative estimate of drug-likeness (QED) is 0.0154. The molecule has 6 atom stereocenters. The summed E-state index contributed by atoms with van der Waals surface area (Å²) in [6.45, 7) is 6.52. The van der Waals surface area contributed by atoms with Gasteiger partial charge in [-0.1, -0.05) is 109 Å². The lowest BCUT2D eigenvalue weighted by atomic mass is 9.93. The van der Waals surface area contributed by atoms with Crippen molar-refractivity contribution in [3.8, 4) is 17.2 Å². The van der Waals surface area contributed by atoms with Crippen LogP contribution in [0.25, 0.3) is 10.9 Å². The summed E-state index contributed by atoms with van der Waals surface area (Å²) >= 11 is 0. The first-order chi connectivity index (χ1) is 45.2. The topological polar surface area (TPSA) is 290 Å². The maximum atomic E-state index is 14.8. The van der Waals surface area contributed by atoms with Crippen molar-refractivity contribution >= 4 is 56.4 Å². The van der Waals surface area contributed by atoms with Crippen molar-refractivity contribution in [1.29, 1.82) is 0 Å². The van der Waals surface area contributed by atoms with Crippen molar-refractivity contribution in [3.05, 3.63) is 227 Å². The molecule has 1 aromatic heterocycles. The first kappa shape index (κ1) is 68.3. The van der Waals surface area contributed by atoms with Crippen molar-refractivity contribution in [3.63, 3.8) is 0 Å². The number of esters is 3. The predicted molar refractivity (Wildman–Crippen MR) is 339 cm³/mol. The highest BCUT2D eigenvalue weighted by Crippen LogP contribution is 2.58. The van der Waals surface area contributed by atoms with E-state index in [0.717, 1.165) is 44.4 Å². The summed E-state index contributed by atoms with van der Waals surface area (Å²) in [7, 11) is -2.28. The highest BCUT2D eigenvalue weighted by molar-refractivity contribution is 7.91. The molecule has 2 amide bonds. The number of aromatic nitrogens is 1. The fraction of sp³-hybridized carbons (Fsp3) is 0.292. The Morgan fingerprint density at radius 1 is 0.532 bits per heavy atom. The molecular formula is C72H72FN3O17S. The number of carbonyl (C=O) groups excluding carboxylic acids is 5. The van der Waals surface area contributed by atoms with Crippen molar-refractivity contribution in [2.45, 2.75) is 88.9 Å². The predicted octanol–water partition coefficient (Wildman–Crippen LogP) is 10.7. The molecule has 11 rings (SSSR count). The summed E-state index contributed by atoms with van der Waals surface area (Å²) in [5.74, 6) is -4.86. The molecule has 5 N–H and O–H groups in total. The zero-order valence-corrected chi connectivity index (χ0v) is 52.9. The Bertz CT molecular complexity index is 4140. The van der Waals surface area contributed by atoms with Gasteiger partial charge in [-0.3, -0.25) is 44.2 Å². The third-order valence-corrected chi connectivity index (χ3v) is 18.7.